The van der Waals surface area contributed by atoms with Gasteiger partial charge < -0.3 is 10.1 Å². The van der Waals surface area contributed by atoms with Crippen LogP contribution in [0.4, 0.5) is 8.78 Å². The summed E-state index contributed by atoms with van der Waals surface area (Å²) in [6, 6.07) is 10.7. The van der Waals surface area contributed by atoms with Gasteiger partial charge in [-0.3, -0.25) is 0 Å². The Bertz CT molecular complexity index is 570. The highest BCUT2D eigenvalue weighted by atomic mass is 19.1. The number of ether oxygens (including phenoxy) is 1. The molecule has 0 saturated heterocycles. The first-order valence-electron chi connectivity index (χ1n) is 7.05. The SMILES string of the molecule is CCCNCc1ccc(F)c(COc2ccc(F)cc2)c1. The molecule has 21 heavy (non-hydrogen) atoms. The molecule has 2 aromatic rings. The topological polar surface area (TPSA) is 21.3 Å². The molecule has 0 bridgehead atoms. The second kappa shape index (κ2) is 7.74. The Morgan fingerprint density at radius 1 is 1.05 bits per heavy atom. The van der Waals surface area contributed by atoms with Gasteiger partial charge in [0.1, 0.15) is 24.0 Å². The lowest BCUT2D eigenvalue weighted by molar-refractivity contribution is 0.299. The number of benzene rings is 2. The van der Waals surface area contributed by atoms with Crippen LogP contribution >= 0.6 is 0 Å². The van der Waals surface area contributed by atoms with Crippen LogP contribution in [0.15, 0.2) is 42.5 Å². The quantitative estimate of drug-likeness (QED) is 0.777. The molecule has 0 saturated carbocycles. The summed E-state index contributed by atoms with van der Waals surface area (Å²) >= 11 is 0. The second-order valence-electron chi connectivity index (χ2n) is 4.85. The zero-order valence-corrected chi connectivity index (χ0v) is 12.0. The van der Waals surface area contributed by atoms with Crippen LogP contribution in [-0.2, 0) is 13.2 Å². The van der Waals surface area contributed by atoms with E-state index in [9.17, 15) is 8.78 Å². The van der Waals surface area contributed by atoms with Gasteiger partial charge in [-0.1, -0.05) is 13.0 Å². The van der Waals surface area contributed by atoms with Crippen LogP contribution in [0, 0.1) is 11.6 Å². The van der Waals surface area contributed by atoms with Crippen molar-refractivity contribution in [1.29, 1.82) is 0 Å². The fourth-order valence-corrected chi connectivity index (χ4v) is 1.95. The minimum absolute atomic E-state index is 0.124. The largest absolute Gasteiger partial charge is 0.489 e. The summed E-state index contributed by atoms with van der Waals surface area (Å²) in [7, 11) is 0. The van der Waals surface area contributed by atoms with E-state index >= 15 is 0 Å². The van der Waals surface area contributed by atoms with Crippen molar-refractivity contribution in [3.63, 3.8) is 0 Å². The average Bonchev–Trinajstić information content (AvgIpc) is 2.49. The van der Waals surface area contributed by atoms with Crippen molar-refractivity contribution in [3.05, 3.63) is 65.2 Å². The molecule has 0 atom stereocenters. The van der Waals surface area contributed by atoms with E-state index in [1.165, 1.54) is 30.3 Å². The monoisotopic (exact) mass is 291 g/mol. The first kappa shape index (κ1) is 15.4. The van der Waals surface area contributed by atoms with E-state index in [2.05, 4.69) is 12.2 Å². The highest BCUT2D eigenvalue weighted by molar-refractivity contribution is 5.26. The van der Waals surface area contributed by atoms with E-state index in [1.807, 2.05) is 0 Å². The molecule has 2 rings (SSSR count). The van der Waals surface area contributed by atoms with E-state index in [-0.39, 0.29) is 18.2 Å². The summed E-state index contributed by atoms with van der Waals surface area (Å²) in [5.41, 5.74) is 1.51. The Morgan fingerprint density at radius 3 is 2.52 bits per heavy atom. The maximum atomic E-state index is 13.8. The predicted octanol–water partition coefficient (Wildman–Crippen LogP) is 4.04. The summed E-state index contributed by atoms with van der Waals surface area (Å²) in [4.78, 5) is 0. The lowest BCUT2D eigenvalue weighted by Gasteiger charge is -2.10. The van der Waals surface area contributed by atoms with E-state index in [0.29, 0.717) is 17.9 Å². The van der Waals surface area contributed by atoms with E-state index in [4.69, 9.17) is 4.74 Å². The van der Waals surface area contributed by atoms with Crippen molar-refractivity contribution < 1.29 is 13.5 Å². The normalized spacial score (nSPS) is 10.6. The number of rotatable bonds is 7. The second-order valence-corrected chi connectivity index (χ2v) is 4.85. The van der Waals surface area contributed by atoms with E-state index < -0.39 is 0 Å². The third-order valence-electron chi connectivity index (χ3n) is 3.07. The Balaban J connectivity index is 1.98. The van der Waals surface area contributed by atoms with Crippen molar-refractivity contribution >= 4 is 0 Å². The Hall–Kier alpha value is -1.94. The van der Waals surface area contributed by atoms with Gasteiger partial charge in [0.15, 0.2) is 0 Å². The molecule has 0 heterocycles. The maximum absolute atomic E-state index is 13.8. The fraction of sp³-hybridized carbons (Fsp3) is 0.294. The van der Waals surface area contributed by atoms with E-state index in [0.717, 1.165) is 18.5 Å². The minimum atomic E-state index is -0.322. The predicted molar refractivity (Wildman–Crippen MR) is 79.1 cm³/mol. The molecular weight excluding hydrogens is 272 g/mol. The Kier molecular flexibility index (Phi) is 5.69. The molecule has 0 fully saturated rings. The molecule has 0 aliphatic rings. The van der Waals surface area contributed by atoms with Crippen molar-refractivity contribution in [2.45, 2.75) is 26.5 Å². The van der Waals surface area contributed by atoms with Crippen LogP contribution in [0.3, 0.4) is 0 Å². The van der Waals surface area contributed by atoms with Gasteiger partial charge in [-0.05, 0) is 54.9 Å². The molecule has 2 nitrogen and oxygen atoms in total. The first-order valence-corrected chi connectivity index (χ1v) is 7.05. The number of nitrogens with one attached hydrogen (secondary N) is 1. The molecule has 0 radical (unpaired) electrons. The first-order chi connectivity index (χ1) is 10.2. The van der Waals surface area contributed by atoms with Gasteiger partial charge in [-0.15, -0.1) is 0 Å². The maximum Gasteiger partial charge on any atom is 0.129 e. The molecule has 0 aromatic heterocycles. The lowest BCUT2D eigenvalue weighted by atomic mass is 10.1. The zero-order valence-electron chi connectivity index (χ0n) is 12.0. The van der Waals surface area contributed by atoms with Crippen molar-refractivity contribution in [2.75, 3.05) is 6.54 Å². The lowest BCUT2D eigenvalue weighted by Crippen LogP contribution is -2.14. The Labute approximate surface area is 123 Å². The van der Waals surface area contributed by atoms with Crippen molar-refractivity contribution in [1.82, 2.24) is 5.32 Å². The summed E-state index contributed by atoms with van der Waals surface area (Å²) in [6.07, 6.45) is 1.06. The van der Waals surface area contributed by atoms with E-state index in [1.54, 1.807) is 12.1 Å². The Morgan fingerprint density at radius 2 is 1.81 bits per heavy atom. The molecule has 2 aromatic carbocycles. The molecule has 0 aliphatic heterocycles. The zero-order chi connectivity index (χ0) is 15.1. The molecule has 0 aliphatic carbocycles. The highest BCUT2D eigenvalue weighted by Crippen LogP contribution is 2.16. The summed E-state index contributed by atoms with van der Waals surface area (Å²) < 4.78 is 32.0. The van der Waals surface area contributed by atoms with Crippen LogP contribution in [0.1, 0.15) is 24.5 Å². The highest BCUT2D eigenvalue weighted by Gasteiger charge is 2.05. The molecular formula is C17H19F2NO. The van der Waals surface area contributed by atoms with Gasteiger partial charge >= 0.3 is 0 Å². The van der Waals surface area contributed by atoms with Crippen LogP contribution in [0.2, 0.25) is 0 Å². The number of hydrogen-bond acceptors (Lipinski definition) is 2. The van der Waals surface area contributed by atoms with Gasteiger partial charge in [-0.2, -0.15) is 0 Å². The number of hydrogen-bond donors (Lipinski definition) is 1. The number of halogens is 2. The van der Waals surface area contributed by atoms with Gasteiger partial charge in [-0.25, -0.2) is 8.78 Å². The van der Waals surface area contributed by atoms with Crippen LogP contribution < -0.4 is 10.1 Å². The smallest absolute Gasteiger partial charge is 0.129 e. The van der Waals surface area contributed by atoms with Gasteiger partial charge in [0.2, 0.25) is 0 Å². The van der Waals surface area contributed by atoms with Gasteiger partial charge in [0, 0.05) is 12.1 Å². The average molecular weight is 291 g/mol. The molecule has 4 heteroatoms. The summed E-state index contributed by atoms with van der Waals surface area (Å²) in [5, 5.41) is 3.27. The molecule has 1 N–H and O–H groups in total. The third-order valence-corrected chi connectivity index (χ3v) is 3.07. The fourth-order valence-electron chi connectivity index (χ4n) is 1.95. The summed E-state index contributed by atoms with van der Waals surface area (Å²) in [5.74, 6) is -0.0980. The summed E-state index contributed by atoms with van der Waals surface area (Å²) in [6.45, 7) is 3.86. The molecule has 0 spiro atoms. The van der Waals surface area contributed by atoms with Gasteiger partial charge in [0.05, 0.1) is 0 Å². The third kappa shape index (κ3) is 4.83. The molecule has 112 valence electrons. The molecule has 0 unspecified atom stereocenters. The standard InChI is InChI=1S/C17H19F2NO/c1-2-9-20-11-13-3-8-17(19)14(10-13)12-21-16-6-4-15(18)5-7-16/h3-8,10,20H,2,9,11-12H2,1H3. The van der Waals surface area contributed by atoms with Crippen LogP contribution in [0.25, 0.3) is 0 Å². The van der Waals surface area contributed by atoms with Crippen LogP contribution in [-0.4, -0.2) is 6.54 Å². The van der Waals surface area contributed by atoms with Crippen molar-refractivity contribution in [3.8, 4) is 5.75 Å². The molecule has 0 amide bonds. The van der Waals surface area contributed by atoms with Gasteiger partial charge in [0.25, 0.3) is 0 Å². The van der Waals surface area contributed by atoms with Crippen LogP contribution in [0.5, 0.6) is 5.75 Å². The van der Waals surface area contributed by atoms with Crippen molar-refractivity contribution in [2.24, 2.45) is 0 Å². The minimum Gasteiger partial charge on any atom is -0.489 e.